The molecule has 0 radical (unpaired) electrons. The van der Waals surface area contributed by atoms with Crippen molar-refractivity contribution in [3.63, 3.8) is 0 Å². The molecular weight excluding hydrogens is 314 g/mol. The Morgan fingerprint density at radius 3 is 2.64 bits per heavy atom. The fourth-order valence-electron chi connectivity index (χ4n) is 2.79. The van der Waals surface area contributed by atoms with Gasteiger partial charge in [-0.15, -0.1) is 5.10 Å². The Morgan fingerprint density at radius 1 is 1.04 bits per heavy atom. The van der Waals surface area contributed by atoms with E-state index in [1.807, 2.05) is 49.4 Å². The second-order valence-electron chi connectivity index (χ2n) is 5.73. The van der Waals surface area contributed by atoms with Gasteiger partial charge in [0.25, 0.3) is 5.56 Å². The van der Waals surface area contributed by atoms with Crippen molar-refractivity contribution in [1.29, 1.82) is 0 Å². The van der Waals surface area contributed by atoms with Crippen LogP contribution in [0.2, 0.25) is 0 Å². The third kappa shape index (κ3) is 2.78. The molecule has 0 saturated heterocycles. The molecule has 122 valence electrons. The average Bonchev–Trinajstić information content (AvgIpc) is 3.15. The third-order valence-corrected chi connectivity index (χ3v) is 4.05. The van der Waals surface area contributed by atoms with Gasteiger partial charge >= 0.3 is 0 Å². The highest BCUT2D eigenvalue weighted by atomic mass is 16.1. The number of hydrogen-bond donors (Lipinski definition) is 0. The van der Waals surface area contributed by atoms with Gasteiger partial charge in [-0.2, -0.15) is 5.11 Å². The molecular formula is C19H15N5O. The molecule has 0 bridgehead atoms. The summed E-state index contributed by atoms with van der Waals surface area (Å²) in [6.07, 6.45) is 3.58. The number of aromatic nitrogens is 2. The van der Waals surface area contributed by atoms with Gasteiger partial charge in [0, 0.05) is 0 Å². The van der Waals surface area contributed by atoms with Crippen molar-refractivity contribution in [2.45, 2.75) is 6.92 Å². The summed E-state index contributed by atoms with van der Waals surface area (Å²) in [5, 5.41) is 11.9. The van der Waals surface area contributed by atoms with E-state index in [9.17, 15) is 4.79 Å². The van der Waals surface area contributed by atoms with Gasteiger partial charge < -0.3 is 0 Å². The lowest BCUT2D eigenvalue weighted by Crippen LogP contribution is -2.23. The Hall–Kier alpha value is -3.41. The van der Waals surface area contributed by atoms with Gasteiger partial charge in [-0.3, -0.25) is 9.36 Å². The number of hydrogen-bond acceptors (Lipinski definition) is 5. The molecule has 0 amide bonds. The highest BCUT2D eigenvalue weighted by Gasteiger charge is 2.12. The van der Waals surface area contributed by atoms with Crippen molar-refractivity contribution in [2.24, 2.45) is 15.4 Å². The number of para-hydroxylation sites is 2. The van der Waals surface area contributed by atoms with E-state index in [4.69, 9.17) is 0 Å². The van der Waals surface area contributed by atoms with Crippen LogP contribution < -0.4 is 5.56 Å². The zero-order chi connectivity index (χ0) is 17.2. The lowest BCUT2D eigenvalue weighted by molar-refractivity contribution is 0.934. The molecule has 0 fully saturated rings. The first kappa shape index (κ1) is 15.1. The van der Waals surface area contributed by atoms with Gasteiger partial charge in [0.15, 0.2) is 0 Å². The maximum Gasteiger partial charge on any atom is 0.266 e. The summed E-state index contributed by atoms with van der Waals surface area (Å²) in [5.74, 6) is 0.549. The molecule has 25 heavy (non-hydrogen) atoms. The minimum Gasteiger partial charge on any atom is -0.268 e. The summed E-state index contributed by atoms with van der Waals surface area (Å²) in [6.45, 7) is 2.42. The van der Waals surface area contributed by atoms with Crippen LogP contribution in [-0.2, 0) is 0 Å². The smallest absolute Gasteiger partial charge is 0.266 e. The van der Waals surface area contributed by atoms with Crippen LogP contribution in [0.15, 0.2) is 74.8 Å². The van der Waals surface area contributed by atoms with Gasteiger partial charge in [-0.25, -0.2) is 4.98 Å². The summed E-state index contributed by atoms with van der Waals surface area (Å²) in [5.41, 5.74) is 3.12. The molecule has 0 unspecified atom stereocenters. The van der Waals surface area contributed by atoms with Crippen molar-refractivity contribution < 1.29 is 0 Å². The Balaban J connectivity index is 1.98. The van der Waals surface area contributed by atoms with Gasteiger partial charge in [-0.1, -0.05) is 30.3 Å². The predicted octanol–water partition coefficient (Wildman–Crippen LogP) is 3.53. The molecule has 0 N–H and O–H groups in total. The van der Waals surface area contributed by atoms with Crippen molar-refractivity contribution in [1.82, 2.24) is 9.55 Å². The van der Waals surface area contributed by atoms with Gasteiger partial charge in [0.1, 0.15) is 12.4 Å². The zero-order valence-electron chi connectivity index (χ0n) is 13.6. The third-order valence-electron chi connectivity index (χ3n) is 4.05. The topological polar surface area (TPSA) is 72.0 Å². The molecule has 1 aliphatic rings. The first-order valence-electron chi connectivity index (χ1n) is 7.93. The van der Waals surface area contributed by atoms with E-state index < -0.39 is 0 Å². The lowest BCUT2D eigenvalue weighted by atomic mass is 10.1. The molecule has 2 aromatic carbocycles. The van der Waals surface area contributed by atoms with Crippen LogP contribution in [0.3, 0.4) is 0 Å². The molecule has 6 nitrogen and oxygen atoms in total. The van der Waals surface area contributed by atoms with Crippen molar-refractivity contribution >= 4 is 22.7 Å². The predicted molar refractivity (Wildman–Crippen MR) is 98.3 cm³/mol. The molecule has 0 aliphatic carbocycles. The summed E-state index contributed by atoms with van der Waals surface area (Å²) < 4.78 is 1.64. The number of rotatable bonds is 3. The Morgan fingerprint density at radius 2 is 1.84 bits per heavy atom. The van der Waals surface area contributed by atoms with E-state index >= 15 is 0 Å². The Labute approximate surface area is 143 Å². The second kappa shape index (κ2) is 6.24. The molecule has 6 heteroatoms. The second-order valence-corrected chi connectivity index (χ2v) is 5.73. The van der Waals surface area contributed by atoms with E-state index in [2.05, 4.69) is 20.4 Å². The normalized spacial score (nSPS) is 13.7. The number of aryl methyl sites for hydroxylation is 1. The van der Waals surface area contributed by atoms with Gasteiger partial charge in [0.05, 0.1) is 22.3 Å². The fraction of sp³-hybridized carbons (Fsp3) is 0.105. The lowest BCUT2D eigenvalue weighted by Gasteiger charge is -2.13. The zero-order valence-corrected chi connectivity index (χ0v) is 13.6. The Bertz CT molecular complexity index is 1110. The SMILES string of the molecule is Cc1ccccc1-n1c(/C=C/C2=NN=NC2)nc2ccccc2c1=O. The molecule has 1 aromatic heterocycles. The standard InChI is InChI=1S/C19H15N5O/c1-13-6-2-5-9-17(13)24-18(11-10-14-12-20-23-22-14)21-16-8-4-3-7-15(16)19(24)25/h2-11H,12H2,1H3/b11-10+. The van der Waals surface area contributed by atoms with E-state index in [1.54, 1.807) is 22.8 Å². The van der Waals surface area contributed by atoms with E-state index in [1.165, 1.54) is 0 Å². The first-order valence-corrected chi connectivity index (χ1v) is 7.93. The monoisotopic (exact) mass is 329 g/mol. The van der Waals surface area contributed by atoms with Crippen LogP contribution in [0.5, 0.6) is 0 Å². The van der Waals surface area contributed by atoms with Crippen molar-refractivity contribution in [3.05, 3.63) is 76.3 Å². The summed E-state index contributed by atoms with van der Waals surface area (Å²) >= 11 is 0. The highest BCUT2D eigenvalue weighted by molar-refractivity contribution is 6.00. The number of benzene rings is 2. The maximum atomic E-state index is 13.1. The average molecular weight is 329 g/mol. The first-order chi connectivity index (χ1) is 12.2. The molecule has 0 atom stereocenters. The van der Waals surface area contributed by atoms with Crippen LogP contribution in [0, 0.1) is 6.92 Å². The Kier molecular flexibility index (Phi) is 3.78. The molecule has 0 saturated carbocycles. The van der Waals surface area contributed by atoms with Crippen LogP contribution in [-0.4, -0.2) is 21.8 Å². The maximum absolute atomic E-state index is 13.1. The minimum atomic E-state index is -0.0951. The highest BCUT2D eigenvalue weighted by Crippen LogP contribution is 2.17. The minimum absolute atomic E-state index is 0.0951. The van der Waals surface area contributed by atoms with Crippen LogP contribution in [0.4, 0.5) is 0 Å². The fourth-order valence-corrected chi connectivity index (χ4v) is 2.79. The van der Waals surface area contributed by atoms with Gasteiger partial charge in [-0.05, 0) is 48.1 Å². The van der Waals surface area contributed by atoms with Crippen molar-refractivity contribution in [2.75, 3.05) is 6.54 Å². The van der Waals surface area contributed by atoms with E-state index in [0.29, 0.717) is 23.3 Å². The summed E-state index contributed by atoms with van der Waals surface area (Å²) in [7, 11) is 0. The molecule has 2 heterocycles. The van der Waals surface area contributed by atoms with E-state index in [0.717, 1.165) is 17.0 Å². The summed E-state index contributed by atoms with van der Waals surface area (Å²) in [6, 6.07) is 15.1. The molecule has 1 aliphatic heterocycles. The number of fused-ring (bicyclic) bond motifs is 1. The molecule has 3 aromatic rings. The van der Waals surface area contributed by atoms with Crippen LogP contribution in [0.25, 0.3) is 22.7 Å². The van der Waals surface area contributed by atoms with Crippen LogP contribution >= 0.6 is 0 Å². The number of nitrogens with zero attached hydrogens (tertiary/aromatic N) is 5. The molecule has 4 rings (SSSR count). The van der Waals surface area contributed by atoms with Gasteiger partial charge in [0.2, 0.25) is 0 Å². The van der Waals surface area contributed by atoms with Crippen LogP contribution in [0.1, 0.15) is 11.4 Å². The quantitative estimate of drug-likeness (QED) is 0.737. The van der Waals surface area contributed by atoms with Crippen molar-refractivity contribution in [3.8, 4) is 5.69 Å². The molecule has 0 spiro atoms. The summed E-state index contributed by atoms with van der Waals surface area (Å²) in [4.78, 5) is 17.8. The van der Waals surface area contributed by atoms with E-state index in [-0.39, 0.29) is 5.56 Å². The largest absolute Gasteiger partial charge is 0.268 e.